The van der Waals surface area contributed by atoms with Gasteiger partial charge in [-0.15, -0.1) is 0 Å². The van der Waals surface area contributed by atoms with Crippen LogP contribution in [0.3, 0.4) is 0 Å². The fraction of sp³-hybridized carbons (Fsp3) is 0.320. The largest absolute Gasteiger partial charge is 0.478 e. The first kappa shape index (κ1) is 18.9. The summed E-state index contributed by atoms with van der Waals surface area (Å²) >= 11 is 0. The zero-order valence-electron chi connectivity index (χ0n) is 17.9. The summed E-state index contributed by atoms with van der Waals surface area (Å²) in [6.07, 6.45) is 3.90. The molecule has 5 heteroatoms. The third-order valence-corrected chi connectivity index (χ3v) is 5.83. The van der Waals surface area contributed by atoms with Crippen LogP contribution in [0.1, 0.15) is 40.9 Å². The Morgan fingerprint density at radius 3 is 2.83 bits per heavy atom. The van der Waals surface area contributed by atoms with Gasteiger partial charge >= 0.3 is 0 Å². The highest BCUT2D eigenvalue weighted by Crippen LogP contribution is 2.44. The lowest BCUT2D eigenvalue weighted by Gasteiger charge is -2.31. The standard InChI is InChI=1S/C25H26N2O3/c1-15(2)11-27-13-19-21(29-14-27)9-16(3)23-24(28)22(30-25(19)23)10-17-12-26(4)20-8-6-5-7-18(17)20/h5-10,12,15H,11,13-14H2,1-4H3/b22-10-. The Labute approximate surface area is 176 Å². The molecular weight excluding hydrogens is 376 g/mol. The van der Waals surface area contributed by atoms with E-state index >= 15 is 0 Å². The van der Waals surface area contributed by atoms with Crippen molar-refractivity contribution in [1.29, 1.82) is 0 Å². The van der Waals surface area contributed by atoms with Gasteiger partial charge in [0.2, 0.25) is 5.78 Å². The number of hydrogen-bond acceptors (Lipinski definition) is 4. The zero-order chi connectivity index (χ0) is 21.0. The highest BCUT2D eigenvalue weighted by atomic mass is 16.5. The average Bonchev–Trinajstić information content (AvgIpc) is 3.21. The highest BCUT2D eigenvalue weighted by Gasteiger charge is 2.35. The van der Waals surface area contributed by atoms with Crippen molar-refractivity contribution >= 4 is 22.8 Å². The van der Waals surface area contributed by atoms with Gasteiger partial charge in [0.1, 0.15) is 18.2 Å². The molecular formula is C25H26N2O3. The van der Waals surface area contributed by atoms with Gasteiger partial charge in [-0.3, -0.25) is 9.69 Å². The average molecular weight is 402 g/mol. The summed E-state index contributed by atoms with van der Waals surface area (Å²) in [6.45, 7) is 8.57. The molecule has 5 rings (SSSR count). The summed E-state index contributed by atoms with van der Waals surface area (Å²) in [4.78, 5) is 15.5. The Morgan fingerprint density at radius 1 is 1.23 bits per heavy atom. The van der Waals surface area contributed by atoms with Gasteiger partial charge in [0.25, 0.3) is 0 Å². The Morgan fingerprint density at radius 2 is 2.03 bits per heavy atom. The number of ether oxygens (including phenoxy) is 2. The number of rotatable bonds is 3. The number of fused-ring (bicyclic) bond motifs is 4. The number of carbonyl (C=O) groups excluding carboxylic acids is 1. The van der Waals surface area contributed by atoms with E-state index in [1.165, 1.54) is 0 Å². The second-order valence-corrected chi connectivity index (χ2v) is 8.71. The van der Waals surface area contributed by atoms with Crippen LogP contribution in [-0.4, -0.2) is 28.5 Å². The van der Waals surface area contributed by atoms with Gasteiger partial charge in [-0.05, 0) is 36.6 Å². The van der Waals surface area contributed by atoms with E-state index in [0.717, 1.165) is 46.4 Å². The van der Waals surface area contributed by atoms with Crippen LogP contribution in [-0.2, 0) is 13.6 Å². The van der Waals surface area contributed by atoms with Crippen molar-refractivity contribution in [1.82, 2.24) is 9.47 Å². The van der Waals surface area contributed by atoms with Crippen LogP contribution in [0, 0.1) is 12.8 Å². The first-order chi connectivity index (χ1) is 14.4. The smallest absolute Gasteiger partial charge is 0.232 e. The quantitative estimate of drug-likeness (QED) is 0.584. The van der Waals surface area contributed by atoms with Crippen LogP contribution < -0.4 is 9.47 Å². The van der Waals surface area contributed by atoms with E-state index in [4.69, 9.17) is 9.47 Å². The van der Waals surface area contributed by atoms with E-state index in [-0.39, 0.29) is 5.78 Å². The molecule has 1 aromatic heterocycles. The fourth-order valence-corrected chi connectivity index (χ4v) is 4.54. The van der Waals surface area contributed by atoms with Crippen molar-refractivity contribution in [2.75, 3.05) is 13.3 Å². The molecule has 3 aromatic rings. The summed E-state index contributed by atoms with van der Waals surface area (Å²) in [6, 6.07) is 10.1. The van der Waals surface area contributed by atoms with Crippen molar-refractivity contribution in [3.05, 3.63) is 64.5 Å². The van der Waals surface area contributed by atoms with Gasteiger partial charge in [-0.1, -0.05) is 32.0 Å². The van der Waals surface area contributed by atoms with Crippen molar-refractivity contribution in [3.63, 3.8) is 0 Å². The molecule has 0 bridgehead atoms. The molecule has 0 atom stereocenters. The van der Waals surface area contributed by atoms with Gasteiger partial charge in [0, 0.05) is 42.8 Å². The minimum atomic E-state index is -0.0563. The lowest BCUT2D eigenvalue weighted by molar-refractivity contribution is 0.0831. The van der Waals surface area contributed by atoms with E-state index in [1.807, 2.05) is 44.4 Å². The second kappa shape index (κ2) is 7.03. The predicted octanol–water partition coefficient (Wildman–Crippen LogP) is 4.91. The van der Waals surface area contributed by atoms with E-state index in [0.29, 0.717) is 29.7 Å². The molecule has 30 heavy (non-hydrogen) atoms. The number of Topliss-reactive ketones (excluding diaryl/α,β-unsaturated/α-hetero) is 1. The van der Waals surface area contributed by atoms with Crippen molar-refractivity contribution in [3.8, 4) is 11.5 Å². The SMILES string of the molecule is Cc1cc2c(c3c1C(=O)/C(=C/c1cn(C)c4ccccc14)O3)CN(CC(C)C)CO2. The number of carbonyl (C=O) groups is 1. The number of ketones is 1. The molecule has 0 amide bonds. The van der Waals surface area contributed by atoms with E-state index in [9.17, 15) is 4.79 Å². The van der Waals surface area contributed by atoms with Gasteiger partial charge in [-0.2, -0.15) is 0 Å². The Hall–Kier alpha value is -3.05. The third kappa shape index (κ3) is 3.01. The molecule has 0 saturated carbocycles. The minimum Gasteiger partial charge on any atom is -0.478 e. The fourth-order valence-electron chi connectivity index (χ4n) is 4.54. The lowest BCUT2D eigenvalue weighted by atomic mass is 9.98. The lowest BCUT2D eigenvalue weighted by Crippen LogP contribution is -2.35. The van der Waals surface area contributed by atoms with Crippen molar-refractivity contribution in [2.24, 2.45) is 13.0 Å². The molecule has 0 N–H and O–H groups in total. The number of para-hydroxylation sites is 1. The van der Waals surface area contributed by atoms with Gasteiger partial charge in [0.05, 0.1) is 11.1 Å². The summed E-state index contributed by atoms with van der Waals surface area (Å²) in [5.41, 5.74) is 4.63. The molecule has 3 heterocycles. The topological polar surface area (TPSA) is 43.7 Å². The third-order valence-electron chi connectivity index (χ3n) is 5.83. The zero-order valence-corrected chi connectivity index (χ0v) is 17.9. The molecule has 5 nitrogen and oxygen atoms in total. The first-order valence-corrected chi connectivity index (χ1v) is 10.4. The normalized spacial score (nSPS) is 17.4. The number of allylic oxidation sites excluding steroid dienone is 1. The van der Waals surface area contributed by atoms with Crippen molar-refractivity contribution in [2.45, 2.75) is 27.3 Å². The predicted molar refractivity (Wildman–Crippen MR) is 118 cm³/mol. The molecule has 0 fully saturated rings. The molecule has 0 aliphatic carbocycles. The maximum Gasteiger partial charge on any atom is 0.232 e. The highest BCUT2D eigenvalue weighted by molar-refractivity contribution is 6.16. The monoisotopic (exact) mass is 402 g/mol. The second-order valence-electron chi connectivity index (χ2n) is 8.71. The maximum atomic E-state index is 13.3. The van der Waals surface area contributed by atoms with Crippen LogP contribution in [0.2, 0.25) is 0 Å². The number of aryl methyl sites for hydroxylation is 2. The van der Waals surface area contributed by atoms with Crippen LogP contribution in [0.5, 0.6) is 11.5 Å². The maximum absolute atomic E-state index is 13.3. The number of benzene rings is 2. The summed E-state index contributed by atoms with van der Waals surface area (Å²) < 4.78 is 14.3. The van der Waals surface area contributed by atoms with E-state index in [1.54, 1.807) is 0 Å². The molecule has 2 aromatic carbocycles. The molecule has 2 aliphatic heterocycles. The van der Waals surface area contributed by atoms with E-state index < -0.39 is 0 Å². The summed E-state index contributed by atoms with van der Waals surface area (Å²) in [5, 5.41) is 1.10. The van der Waals surface area contributed by atoms with Gasteiger partial charge < -0.3 is 14.0 Å². The van der Waals surface area contributed by atoms with Crippen LogP contribution >= 0.6 is 0 Å². The van der Waals surface area contributed by atoms with Gasteiger partial charge in [-0.25, -0.2) is 0 Å². The molecule has 0 radical (unpaired) electrons. The van der Waals surface area contributed by atoms with Crippen LogP contribution in [0.15, 0.2) is 42.3 Å². The molecule has 0 spiro atoms. The molecule has 0 unspecified atom stereocenters. The number of aromatic nitrogens is 1. The minimum absolute atomic E-state index is 0.0563. The summed E-state index contributed by atoms with van der Waals surface area (Å²) in [7, 11) is 2.01. The Bertz CT molecular complexity index is 1200. The Kier molecular flexibility index (Phi) is 4.44. The van der Waals surface area contributed by atoms with Crippen molar-refractivity contribution < 1.29 is 14.3 Å². The molecule has 154 valence electrons. The number of hydrogen-bond donors (Lipinski definition) is 0. The van der Waals surface area contributed by atoms with E-state index in [2.05, 4.69) is 35.4 Å². The van der Waals surface area contributed by atoms with Crippen LogP contribution in [0.4, 0.5) is 0 Å². The Balaban J connectivity index is 1.56. The van der Waals surface area contributed by atoms with Crippen LogP contribution in [0.25, 0.3) is 17.0 Å². The molecule has 0 saturated heterocycles. The number of nitrogens with zero attached hydrogens (tertiary/aromatic N) is 2. The first-order valence-electron chi connectivity index (χ1n) is 10.4. The van der Waals surface area contributed by atoms with Gasteiger partial charge in [0.15, 0.2) is 5.76 Å². The summed E-state index contributed by atoms with van der Waals surface area (Å²) in [5.74, 6) is 2.34. The molecule has 2 aliphatic rings.